The predicted molar refractivity (Wildman–Crippen MR) is 50.1 cm³/mol. The summed E-state index contributed by atoms with van der Waals surface area (Å²) in [7, 11) is 0. The molecule has 64 valence electrons. The smallest absolute Gasteiger partial charge is 0.140 e. The van der Waals surface area contributed by atoms with Crippen molar-refractivity contribution in [2.45, 2.75) is 11.9 Å². The highest BCUT2D eigenvalue weighted by Gasteiger charge is 2.01. The summed E-state index contributed by atoms with van der Waals surface area (Å²) in [6.45, 7) is 1.55. The molecule has 0 bridgehead atoms. The number of carbonyl (C=O) groups excluding carboxylic acids is 1. The highest BCUT2D eigenvalue weighted by atomic mass is 32.2. The number of hydrogen-bond donors (Lipinski definition) is 1. The molecule has 0 spiro atoms. The molecule has 0 aliphatic rings. The van der Waals surface area contributed by atoms with Crippen LogP contribution in [0.2, 0.25) is 0 Å². The van der Waals surface area contributed by atoms with Crippen LogP contribution < -0.4 is 5.73 Å². The second-order valence-electron chi connectivity index (χ2n) is 2.39. The molecule has 0 atom stereocenters. The number of thioether (sulfide) groups is 1. The Kier molecular flexibility index (Phi) is 3.10. The molecule has 3 nitrogen and oxygen atoms in total. The van der Waals surface area contributed by atoms with Gasteiger partial charge in [0.05, 0.1) is 11.4 Å². The van der Waals surface area contributed by atoms with Crippen LogP contribution in [0.15, 0.2) is 23.4 Å². The first kappa shape index (κ1) is 9.06. The first-order chi connectivity index (χ1) is 5.70. The maximum Gasteiger partial charge on any atom is 0.140 e. The van der Waals surface area contributed by atoms with Gasteiger partial charge in [0.25, 0.3) is 0 Å². The van der Waals surface area contributed by atoms with Crippen molar-refractivity contribution in [2.75, 3.05) is 11.5 Å². The van der Waals surface area contributed by atoms with E-state index in [0.717, 1.165) is 5.03 Å². The SMILES string of the molecule is CC(=O)CSc1ncccc1N. The van der Waals surface area contributed by atoms with Gasteiger partial charge in [0, 0.05) is 6.20 Å². The normalized spacial score (nSPS) is 9.75. The highest BCUT2D eigenvalue weighted by molar-refractivity contribution is 8.00. The average molecular weight is 182 g/mol. The van der Waals surface area contributed by atoms with Crippen molar-refractivity contribution in [3.63, 3.8) is 0 Å². The fraction of sp³-hybridized carbons (Fsp3) is 0.250. The van der Waals surface area contributed by atoms with Crippen LogP contribution in [0.3, 0.4) is 0 Å². The minimum Gasteiger partial charge on any atom is -0.397 e. The van der Waals surface area contributed by atoms with Crippen LogP contribution in [0.25, 0.3) is 0 Å². The monoisotopic (exact) mass is 182 g/mol. The minimum atomic E-state index is 0.130. The van der Waals surface area contributed by atoms with Crippen molar-refractivity contribution in [1.29, 1.82) is 0 Å². The summed E-state index contributed by atoms with van der Waals surface area (Å²) in [4.78, 5) is 14.7. The fourth-order valence-electron chi connectivity index (χ4n) is 0.694. The van der Waals surface area contributed by atoms with Crippen molar-refractivity contribution in [2.24, 2.45) is 0 Å². The highest BCUT2D eigenvalue weighted by Crippen LogP contribution is 2.20. The van der Waals surface area contributed by atoms with Crippen LogP contribution in [0.1, 0.15) is 6.92 Å². The van der Waals surface area contributed by atoms with Gasteiger partial charge < -0.3 is 5.73 Å². The standard InChI is InChI=1S/C8H10N2OS/c1-6(11)5-12-8-7(9)3-2-4-10-8/h2-4H,5,9H2,1H3. The first-order valence-corrected chi connectivity index (χ1v) is 4.51. The minimum absolute atomic E-state index is 0.130. The maximum atomic E-state index is 10.6. The Morgan fingerprint density at radius 2 is 2.50 bits per heavy atom. The summed E-state index contributed by atoms with van der Waals surface area (Å²) in [6, 6.07) is 3.54. The molecule has 1 rings (SSSR count). The quantitative estimate of drug-likeness (QED) is 0.717. The summed E-state index contributed by atoms with van der Waals surface area (Å²) in [6.07, 6.45) is 1.67. The lowest BCUT2D eigenvalue weighted by molar-refractivity contribution is -0.114. The molecule has 2 N–H and O–H groups in total. The van der Waals surface area contributed by atoms with Gasteiger partial charge in [0.15, 0.2) is 0 Å². The van der Waals surface area contributed by atoms with Crippen LogP contribution >= 0.6 is 11.8 Å². The zero-order chi connectivity index (χ0) is 8.97. The number of rotatable bonds is 3. The lowest BCUT2D eigenvalue weighted by Gasteiger charge is -2.00. The van der Waals surface area contributed by atoms with E-state index in [-0.39, 0.29) is 5.78 Å². The largest absolute Gasteiger partial charge is 0.397 e. The van der Waals surface area contributed by atoms with Gasteiger partial charge in [-0.25, -0.2) is 4.98 Å². The number of nitrogen functional groups attached to an aromatic ring is 1. The molecular formula is C8H10N2OS. The Bertz CT molecular complexity index is 288. The number of nitrogens with zero attached hydrogens (tertiary/aromatic N) is 1. The first-order valence-electron chi connectivity index (χ1n) is 3.53. The van der Waals surface area contributed by atoms with Crippen molar-refractivity contribution in [1.82, 2.24) is 4.98 Å². The molecule has 0 radical (unpaired) electrons. The molecule has 0 aliphatic heterocycles. The molecule has 0 unspecified atom stereocenters. The predicted octanol–water partition coefficient (Wildman–Crippen LogP) is 1.34. The van der Waals surface area contributed by atoms with Gasteiger partial charge in [-0.05, 0) is 19.1 Å². The third-order valence-electron chi connectivity index (χ3n) is 1.21. The van der Waals surface area contributed by atoms with Crippen molar-refractivity contribution < 1.29 is 4.79 Å². The van der Waals surface area contributed by atoms with Gasteiger partial charge in [-0.15, -0.1) is 0 Å². The van der Waals surface area contributed by atoms with Gasteiger partial charge >= 0.3 is 0 Å². The summed E-state index contributed by atoms with van der Waals surface area (Å²) in [5.74, 6) is 0.561. The number of aromatic nitrogens is 1. The second kappa shape index (κ2) is 4.11. The summed E-state index contributed by atoms with van der Waals surface area (Å²) in [5, 5.41) is 0.729. The zero-order valence-corrected chi connectivity index (χ0v) is 7.60. The van der Waals surface area contributed by atoms with E-state index in [2.05, 4.69) is 4.98 Å². The zero-order valence-electron chi connectivity index (χ0n) is 6.78. The molecule has 0 saturated heterocycles. The van der Waals surface area contributed by atoms with E-state index in [1.807, 2.05) is 0 Å². The second-order valence-corrected chi connectivity index (χ2v) is 3.35. The lowest BCUT2D eigenvalue weighted by atomic mass is 10.4. The molecule has 1 aromatic rings. The molecule has 4 heteroatoms. The number of ketones is 1. The Hall–Kier alpha value is -1.03. The van der Waals surface area contributed by atoms with Crippen molar-refractivity contribution >= 4 is 23.2 Å². The van der Waals surface area contributed by atoms with Crippen molar-refractivity contribution in [3.8, 4) is 0 Å². The van der Waals surface area contributed by atoms with Gasteiger partial charge in [-0.3, -0.25) is 4.79 Å². The Balaban J connectivity index is 2.63. The van der Waals surface area contributed by atoms with E-state index < -0.39 is 0 Å². The maximum absolute atomic E-state index is 10.6. The summed E-state index contributed by atoms with van der Waals surface area (Å²) < 4.78 is 0. The number of carbonyl (C=O) groups is 1. The van der Waals surface area contributed by atoms with E-state index in [0.29, 0.717) is 11.4 Å². The number of anilines is 1. The molecule has 1 heterocycles. The molecular weight excluding hydrogens is 172 g/mol. The molecule has 1 aromatic heterocycles. The molecule has 0 amide bonds. The van der Waals surface area contributed by atoms with Gasteiger partial charge in [0.1, 0.15) is 10.8 Å². The van der Waals surface area contributed by atoms with Gasteiger partial charge in [0.2, 0.25) is 0 Å². The number of nitrogens with two attached hydrogens (primary N) is 1. The molecule has 12 heavy (non-hydrogen) atoms. The topological polar surface area (TPSA) is 56.0 Å². The number of pyridine rings is 1. The van der Waals surface area contributed by atoms with Crippen LogP contribution in [-0.4, -0.2) is 16.5 Å². The van der Waals surface area contributed by atoms with Crippen LogP contribution in [0.4, 0.5) is 5.69 Å². The summed E-state index contributed by atoms with van der Waals surface area (Å²) in [5.41, 5.74) is 6.24. The van der Waals surface area contributed by atoms with Crippen molar-refractivity contribution in [3.05, 3.63) is 18.3 Å². The van der Waals surface area contributed by atoms with E-state index in [1.54, 1.807) is 25.3 Å². The van der Waals surface area contributed by atoms with E-state index in [9.17, 15) is 4.79 Å². The van der Waals surface area contributed by atoms with Crippen LogP contribution in [0, 0.1) is 0 Å². The van der Waals surface area contributed by atoms with Gasteiger partial charge in [-0.2, -0.15) is 0 Å². The number of Topliss-reactive ketones (excluding diaryl/α,β-unsaturated/α-hetero) is 1. The van der Waals surface area contributed by atoms with E-state index in [4.69, 9.17) is 5.73 Å². The van der Waals surface area contributed by atoms with E-state index >= 15 is 0 Å². The average Bonchev–Trinajstić information content (AvgIpc) is 2.03. The molecule has 0 saturated carbocycles. The van der Waals surface area contributed by atoms with Crippen LogP contribution in [0.5, 0.6) is 0 Å². The van der Waals surface area contributed by atoms with E-state index in [1.165, 1.54) is 11.8 Å². The third-order valence-corrected chi connectivity index (χ3v) is 2.38. The Morgan fingerprint density at radius 1 is 1.75 bits per heavy atom. The fourth-order valence-corrected chi connectivity index (χ4v) is 1.40. The van der Waals surface area contributed by atoms with Crippen LogP contribution in [-0.2, 0) is 4.79 Å². The summed E-state index contributed by atoms with van der Waals surface area (Å²) >= 11 is 1.37. The third kappa shape index (κ3) is 2.54. The lowest BCUT2D eigenvalue weighted by Crippen LogP contribution is -1.96. The number of hydrogen-bond acceptors (Lipinski definition) is 4. The molecule has 0 fully saturated rings. The Morgan fingerprint density at radius 3 is 3.08 bits per heavy atom. The van der Waals surface area contributed by atoms with Gasteiger partial charge in [-0.1, -0.05) is 11.8 Å². The Labute approximate surface area is 75.4 Å². The molecule has 0 aliphatic carbocycles. The molecule has 0 aromatic carbocycles.